The highest BCUT2D eigenvalue weighted by Gasteiger charge is 2.12. The molecule has 0 radical (unpaired) electrons. The third-order valence-electron chi connectivity index (χ3n) is 3.44. The largest absolute Gasteiger partial charge is 0.336 e. The van der Waals surface area contributed by atoms with E-state index in [1.54, 1.807) is 6.08 Å². The van der Waals surface area contributed by atoms with Crippen molar-refractivity contribution in [3.63, 3.8) is 0 Å². The molecule has 1 aromatic rings. The van der Waals surface area contributed by atoms with Crippen LogP contribution in [-0.4, -0.2) is 29.9 Å². The van der Waals surface area contributed by atoms with Crippen LogP contribution in [0.2, 0.25) is 0 Å². The number of aliphatic imine (C=N–C) groups is 1. The van der Waals surface area contributed by atoms with Crippen LogP contribution in [0.1, 0.15) is 18.9 Å². The number of carbonyl (C=O) groups is 1. The summed E-state index contributed by atoms with van der Waals surface area (Å²) < 4.78 is 15.0. The van der Waals surface area contributed by atoms with Crippen LogP contribution in [0.15, 0.2) is 47.4 Å². The Morgan fingerprint density at radius 2 is 2.43 bits per heavy atom. The van der Waals surface area contributed by atoms with Gasteiger partial charge in [0.25, 0.3) is 0 Å². The van der Waals surface area contributed by atoms with E-state index in [9.17, 15) is 9.18 Å². The van der Waals surface area contributed by atoms with Crippen molar-refractivity contribution in [3.8, 4) is 0 Å². The zero-order valence-electron chi connectivity index (χ0n) is 13.1. The molecule has 1 unspecified atom stereocenters. The average molecular weight is 316 g/mol. The van der Waals surface area contributed by atoms with E-state index >= 15 is 0 Å². The maximum atomic E-state index is 13.1. The summed E-state index contributed by atoms with van der Waals surface area (Å²) >= 11 is 0. The Bertz CT molecular complexity index is 658. The molecule has 1 heterocycles. The van der Waals surface area contributed by atoms with E-state index in [2.05, 4.69) is 22.3 Å². The number of nitrogens with zero attached hydrogens (tertiary/aromatic N) is 2. The molecule has 5 nitrogen and oxygen atoms in total. The molecule has 0 bridgehead atoms. The van der Waals surface area contributed by atoms with Crippen molar-refractivity contribution >= 4 is 24.6 Å². The van der Waals surface area contributed by atoms with Gasteiger partial charge >= 0.3 is 6.03 Å². The Morgan fingerprint density at radius 1 is 1.61 bits per heavy atom. The van der Waals surface area contributed by atoms with Crippen LogP contribution in [0, 0.1) is 0 Å². The topological polar surface area (TPSA) is 58.4 Å². The summed E-state index contributed by atoms with van der Waals surface area (Å²) in [5.41, 5.74) is 0.988. The highest BCUT2D eigenvalue weighted by Crippen LogP contribution is 2.21. The van der Waals surface area contributed by atoms with Gasteiger partial charge in [0.15, 0.2) is 0 Å². The van der Waals surface area contributed by atoms with Gasteiger partial charge < -0.3 is 15.2 Å². The Balaban J connectivity index is 1.82. The minimum absolute atomic E-state index is 0.307. The molecule has 2 amide bonds. The van der Waals surface area contributed by atoms with Crippen LogP contribution in [-0.2, 0) is 6.54 Å². The number of hydrogen-bond donors (Lipinski definition) is 2. The van der Waals surface area contributed by atoms with Crippen molar-refractivity contribution in [2.45, 2.75) is 25.9 Å². The van der Waals surface area contributed by atoms with Gasteiger partial charge in [-0.15, -0.1) is 0 Å². The zero-order valence-corrected chi connectivity index (χ0v) is 13.1. The normalized spacial score (nSPS) is 17.1. The van der Waals surface area contributed by atoms with Gasteiger partial charge in [0.1, 0.15) is 11.6 Å². The molecule has 122 valence electrons. The first-order chi connectivity index (χ1) is 11.1. The number of urea groups is 1. The van der Waals surface area contributed by atoms with Gasteiger partial charge in [0.2, 0.25) is 0 Å². The standard InChI is InChI=1S/C17H21FN4O/c1-3-5-13-8-10-22(16(13)19-2)11-9-20-17(23)21-15-7-4-6-14(18)12-15/h3-6,8,10,12,15H,2,7,9,11H2,1H3,(H2,20,21,23)/b5-3-. The smallest absolute Gasteiger partial charge is 0.315 e. The van der Waals surface area contributed by atoms with Gasteiger partial charge in [0.05, 0.1) is 6.04 Å². The zero-order chi connectivity index (χ0) is 16.7. The molecule has 2 rings (SSSR count). The monoisotopic (exact) mass is 316 g/mol. The Labute approximate surface area is 135 Å². The number of amides is 2. The summed E-state index contributed by atoms with van der Waals surface area (Å²) in [7, 11) is 0. The molecule has 0 spiro atoms. The molecule has 0 aromatic carbocycles. The molecule has 1 atom stereocenters. The maximum Gasteiger partial charge on any atom is 0.315 e. The number of nitrogens with one attached hydrogen (secondary N) is 2. The summed E-state index contributed by atoms with van der Waals surface area (Å²) in [4.78, 5) is 15.8. The molecule has 0 fully saturated rings. The first kappa shape index (κ1) is 16.7. The van der Waals surface area contributed by atoms with Crippen LogP contribution in [0.25, 0.3) is 6.08 Å². The highest BCUT2D eigenvalue weighted by molar-refractivity contribution is 5.74. The number of halogens is 1. The lowest BCUT2D eigenvalue weighted by Gasteiger charge is -2.16. The molecule has 6 heteroatoms. The number of hydrogen-bond acceptors (Lipinski definition) is 2. The van der Waals surface area contributed by atoms with Crippen molar-refractivity contribution in [1.29, 1.82) is 0 Å². The summed E-state index contributed by atoms with van der Waals surface area (Å²) in [6.45, 7) is 6.53. The maximum absolute atomic E-state index is 13.1. The van der Waals surface area contributed by atoms with Crippen LogP contribution in [0.4, 0.5) is 15.0 Å². The Hall–Kier alpha value is -2.63. The predicted molar refractivity (Wildman–Crippen MR) is 91.6 cm³/mol. The van der Waals surface area contributed by atoms with Crippen molar-refractivity contribution in [1.82, 2.24) is 15.2 Å². The van der Waals surface area contributed by atoms with Gasteiger partial charge in [-0.1, -0.05) is 18.2 Å². The predicted octanol–water partition coefficient (Wildman–Crippen LogP) is 3.33. The van der Waals surface area contributed by atoms with Crippen molar-refractivity contribution in [2.75, 3.05) is 6.54 Å². The Morgan fingerprint density at radius 3 is 3.13 bits per heavy atom. The second-order valence-corrected chi connectivity index (χ2v) is 5.14. The lowest BCUT2D eigenvalue weighted by atomic mass is 10.1. The van der Waals surface area contributed by atoms with E-state index in [0.717, 1.165) is 11.4 Å². The first-order valence-electron chi connectivity index (χ1n) is 7.51. The minimum atomic E-state index is -0.327. The van der Waals surface area contributed by atoms with E-state index in [-0.39, 0.29) is 17.9 Å². The van der Waals surface area contributed by atoms with Crippen LogP contribution in [0.3, 0.4) is 0 Å². The van der Waals surface area contributed by atoms with E-state index < -0.39 is 0 Å². The number of rotatable bonds is 6. The van der Waals surface area contributed by atoms with Gasteiger partial charge in [0, 0.05) is 24.8 Å². The summed E-state index contributed by atoms with van der Waals surface area (Å²) in [5.74, 6) is 0.444. The molecule has 1 aromatic heterocycles. The van der Waals surface area contributed by atoms with Crippen molar-refractivity contribution in [3.05, 3.63) is 48.0 Å². The quantitative estimate of drug-likeness (QED) is 0.777. The minimum Gasteiger partial charge on any atom is -0.336 e. The number of carbonyl (C=O) groups excluding carboxylic acids is 1. The first-order valence-corrected chi connectivity index (χ1v) is 7.51. The average Bonchev–Trinajstić information content (AvgIpc) is 2.89. The third kappa shape index (κ3) is 4.67. The molecule has 23 heavy (non-hydrogen) atoms. The summed E-state index contributed by atoms with van der Waals surface area (Å²) in [6.07, 6.45) is 10.9. The van der Waals surface area contributed by atoms with E-state index in [1.807, 2.05) is 35.9 Å². The lowest BCUT2D eigenvalue weighted by molar-refractivity contribution is 0.238. The van der Waals surface area contributed by atoms with E-state index in [4.69, 9.17) is 0 Å². The van der Waals surface area contributed by atoms with Gasteiger partial charge in [-0.2, -0.15) is 0 Å². The molecule has 0 saturated carbocycles. The van der Waals surface area contributed by atoms with Crippen LogP contribution >= 0.6 is 0 Å². The molecule has 1 aliphatic carbocycles. The van der Waals surface area contributed by atoms with Crippen LogP contribution < -0.4 is 10.6 Å². The molecule has 0 saturated heterocycles. The molecule has 2 N–H and O–H groups in total. The summed E-state index contributed by atoms with van der Waals surface area (Å²) in [5, 5.41) is 5.47. The fraction of sp³-hybridized carbons (Fsp3) is 0.294. The molecular weight excluding hydrogens is 295 g/mol. The number of aromatic nitrogens is 1. The fourth-order valence-electron chi connectivity index (χ4n) is 2.41. The highest BCUT2D eigenvalue weighted by atomic mass is 19.1. The molecule has 1 aliphatic rings. The molecular formula is C17H21FN4O. The third-order valence-corrected chi connectivity index (χ3v) is 3.44. The second-order valence-electron chi connectivity index (χ2n) is 5.14. The van der Waals surface area contributed by atoms with Crippen molar-refractivity contribution < 1.29 is 9.18 Å². The van der Waals surface area contributed by atoms with E-state index in [1.165, 1.54) is 12.2 Å². The van der Waals surface area contributed by atoms with Crippen LogP contribution in [0.5, 0.6) is 0 Å². The second kappa shape index (κ2) is 8.12. The fourth-order valence-corrected chi connectivity index (χ4v) is 2.41. The number of allylic oxidation sites excluding steroid dienone is 3. The lowest BCUT2D eigenvalue weighted by Crippen LogP contribution is -2.42. The summed E-state index contributed by atoms with van der Waals surface area (Å²) in [6, 6.07) is 1.33. The molecule has 0 aliphatic heterocycles. The van der Waals surface area contributed by atoms with Gasteiger partial charge in [-0.3, -0.25) is 0 Å². The Kier molecular flexibility index (Phi) is 5.91. The van der Waals surface area contributed by atoms with Crippen molar-refractivity contribution in [2.24, 2.45) is 4.99 Å². The van der Waals surface area contributed by atoms with Gasteiger partial charge in [-0.25, -0.2) is 14.2 Å². The SMILES string of the molecule is C=Nc1c(/C=C\C)ccn1CCNC(=O)NC1C=C(F)C=CC1. The van der Waals surface area contributed by atoms with Gasteiger partial charge in [-0.05, 0) is 38.3 Å². The van der Waals surface area contributed by atoms with E-state index in [0.29, 0.717) is 19.5 Å².